The van der Waals surface area contributed by atoms with Crippen molar-refractivity contribution in [1.82, 2.24) is 0 Å². The lowest BCUT2D eigenvalue weighted by atomic mass is 10.2. The standard InChI is InChI=1S/C10H23BrO3Si/c1-10(2,3)15(4,5)14-7-8(11)9(13)6-12/h8-9,12-13H,6-7H2,1-5H3/t8-,9+/m0/s1. The van der Waals surface area contributed by atoms with Gasteiger partial charge in [0.1, 0.15) is 0 Å². The molecule has 0 aliphatic heterocycles. The smallest absolute Gasteiger partial charge is 0.192 e. The Morgan fingerprint density at radius 2 is 1.80 bits per heavy atom. The molecule has 2 atom stereocenters. The van der Waals surface area contributed by atoms with Crippen molar-refractivity contribution in [1.29, 1.82) is 0 Å². The van der Waals surface area contributed by atoms with Gasteiger partial charge in [0.15, 0.2) is 8.32 Å². The average molecular weight is 299 g/mol. The lowest BCUT2D eigenvalue weighted by molar-refractivity contribution is 0.0807. The molecule has 15 heavy (non-hydrogen) atoms. The van der Waals surface area contributed by atoms with Gasteiger partial charge in [-0.15, -0.1) is 0 Å². The summed E-state index contributed by atoms with van der Waals surface area (Å²) in [6.45, 7) is 11.0. The molecule has 0 bridgehead atoms. The Labute approximate surface area is 102 Å². The van der Waals surface area contributed by atoms with Crippen LogP contribution in [0.2, 0.25) is 18.1 Å². The molecule has 0 amide bonds. The number of aliphatic hydroxyl groups is 2. The van der Waals surface area contributed by atoms with Gasteiger partial charge in [0.25, 0.3) is 0 Å². The molecule has 0 rings (SSSR count). The van der Waals surface area contributed by atoms with Gasteiger partial charge in [-0.25, -0.2) is 0 Å². The quantitative estimate of drug-likeness (QED) is 0.604. The lowest BCUT2D eigenvalue weighted by Crippen LogP contribution is -2.43. The van der Waals surface area contributed by atoms with E-state index in [1.807, 2.05) is 0 Å². The minimum Gasteiger partial charge on any atom is -0.416 e. The minimum atomic E-state index is -1.75. The fourth-order valence-corrected chi connectivity index (χ4v) is 2.30. The molecule has 0 spiro atoms. The monoisotopic (exact) mass is 298 g/mol. The van der Waals surface area contributed by atoms with Crippen molar-refractivity contribution in [3.63, 3.8) is 0 Å². The van der Waals surface area contributed by atoms with E-state index in [2.05, 4.69) is 49.8 Å². The topological polar surface area (TPSA) is 49.7 Å². The summed E-state index contributed by atoms with van der Waals surface area (Å²) in [5.74, 6) is 0. The summed E-state index contributed by atoms with van der Waals surface area (Å²) in [5, 5.41) is 18.3. The van der Waals surface area contributed by atoms with E-state index >= 15 is 0 Å². The van der Waals surface area contributed by atoms with Gasteiger partial charge < -0.3 is 14.6 Å². The third-order valence-electron chi connectivity index (χ3n) is 3.01. The summed E-state index contributed by atoms with van der Waals surface area (Å²) < 4.78 is 5.90. The lowest BCUT2D eigenvalue weighted by Gasteiger charge is -2.37. The molecule has 0 fully saturated rings. The van der Waals surface area contributed by atoms with Gasteiger partial charge in [-0.2, -0.15) is 0 Å². The van der Waals surface area contributed by atoms with E-state index in [0.29, 0.717) is 6.61 Å². The summed E-state index contributed by atoms with van der Waals surface area (Å²) >= 11 is 3.31. The Hall–Kier alpha value is 0.577. The van der Waals surface area contributed by atoms with Crippen LogP contribution in [0.4, 0.5) is 0 Å². The van der Waals surface area contributed by atoms with E-state index < -0.39 is 14.4 Å². The number of rotatable bonds is 5. The maximum Gasteiger partial charge on any atom is 0.192 e. The Bertz CT molecular complexity index is 192. The van der Waals surface area contributed by atoms with Crippen LogP contribution >= 0.6 is 15.9 Å². The van der Waals surface area contributed by atoms with Crippen molar-refractivity contribution in [3.8, 4) is 0 Å². The van der Waals surface area contributed by atoms with E-state index in [-0.39, 0.29) is 16.5 Å². The van der Waals surface area contributed by atoms with E-state index in [1.54, 1.807) is 0 Å². The van der Waals surface area contributed by atoms with Crippen LogP contribution in [0, 0.1) is 0 Å². The van der Waals surface area contributed by atoms with Crippen molar-refractivity contribution in [3.05, 3.63) is 0 Å². The third kappa shape index (κ3) is 4.95. The molecule has 0 aromatic carbocycles. The zero-order chi connectivity index (χ0) is 12.3. The number of alkyl halides is 1. The molecule has 0 aromatic heterocycles. The van der Waals surface area contributed by atoms with Crippen LogP contribution in [-0.4, -0.2) is 42.7 Å². The van der Waals surface area contributed by atoms with Gasteiger partial charge in [0, 0.05) is 6.61 Å². The van der Waals surface area contributed by atoms with Crippen molar-refractivity contribution in [2.24, 2.45) is 0 Å². The zero-order valence-electron chi connectivity index (χ0n) is 10.2. The highest BCUT2D eigenvalue weighted by molar-refractivity contribution is 9.09. The number of hydrogen-bond acceptors (Lipinski definition) is 3. The first-order chi connectivity index (χ1) is 6.62. The third-order valence-corrected chi connectivity index (χ3v) is 8.39. The molecule has 92 valence electrons. The number of aliphatic hydroxyl groups excluding tert-OH is 2. The van der Waals surface area contributed by atoms with E-state index in [4.69, 9.17) is 9.53 Å². The normalized spacial score (nSPS) is 17.6. The van der Waals surface area contributed by atoms with E-state index in [1.165, 1.54) is 0 Å². The van der Waals surface area contributed by atoms with E-state index in [9.17, 15) is 5.11 Å². The van der Waals surface area contributed by atoms with Gasteiger partial charge in [0.05, 0.1) is 17.5 Å². The van der Waals surface area contributed by atoms with Crippen LogP contribution in [0.25, 0.3) is 0 Å². The summed E-state index contributed by atoms with van der Waals surface area (Å²) in [4.78, 5) is -0.198. The van der Waals surface area contributed by atoms with Crippen LogP contribution in [0.15, 0.2) is 0 Å². The van der Waals surface area contributed by atoms with Crippen molar-refractivity contribution >= 4 is 24.2 Å². The van der Waals surface area contributed by atoms with E-state index in [0.717, 1.165) is 0 Å². The summed E-state index contributed by atoms with van der Waals surface area (Å²) in [6.07, 6.45) is -0.755. The molecular formula is C10H23BrO3Si. The molecule has 2 N–H and O–H groups in total. The fourth-order valence-electron chi connectivity index (χ4n) is 0.730. The molecule has 3 nitrogen and oxygen atoms in total. The largest absolute Gasteiger partial charge is 0.416 e. The molecule has 0 saturated carbocycles. The average Bonchev–Trinajstić information content (AvgIpc) is 2.11. The van der Waals surface area contributed by atoms with Gasteiger partial charge in [-0.3, -0.25) is 0 Å². The first-order valence-electron chi connectivity index (χ1n) is 5.19. The minimum absolute atomic E-state index is 0.171. The predicted molar refractivity (Wildman–Crippen MR) is 69.0 cm³/mol. The van der Waals surface area contributed by atoms with Gasteiger partial charge in [0.2, 0.25) is 0 Å². The van der Waals surface area contributed by atoms with Gasteiger partial charge >= 0.3 is 0 Å². The molecule has 0 aliphatic carbocycles. The molecule has 0 heterocycles. The Balaban J connectivity index is 4.16. The summed E-state index contributed by atoms with van der Waals surface area (Å²) in [6, 6.07) is 0. The zero-order valence-corrected chi connectivity index (χ0v) is 12.8. The van der Waals surface area contributed by atoms with Crippen LogP contribution in [-0.2, 0) is 4.43 Å². The Kier molecular flexibility index (Phi) is 5.99. The highest BCUT2D eigenvalue weighted by atomic mass is 79.9. The molecule has 0 aromatic rings. The second-order valence-electron chi connectivity index (χ2n) is 5.34. The van der Waals surface area contributed by atoms with Crippen molar-refractivity contribution in [2.75, 3.05) is 13.2 Å². The van der Waals surface area contributed by atoms with Crippen LogP contribution < -0.4 is 0 Å². The summed E-state index contributed by atoms with van der Waals surface area (Å²) in [7, 11) is -1.75. The highest BCUT2D eigenvalue weighted by Crippen LogP contribution is 2.36. The van der Waals surface area contributed by atoms with Crippen molar-refractivity contribution in [2.45, 2.75) is 49.8 Å². The molecule has 5 heteroatoms. The first kappa shape index (κ1) is 15.6. The predicted octanol–water partition coefficient (Wildman–Crippen LogP) is 2.12. The first-order valence-corrected chi connectivity index (χ1v) is 9.01. The number of hydrogen-bond donors (Lipinski definition) is 2. The second kappa shape index (κ2) is 5.77. The molecule has 0 saturated heterocycles. The molecule has 0 aliphatic rings. The maximum atomic E-state index is 9.36. The Morgan fingerprint density at radius 1 is 1.33 bits per heavy atom. The molecule has 0 unspecified atom stereocenters. The number of halogens is 1. The fraction of sp³-hybridized carbons (Fsp3) is 1.00. The second-order valence-corrected chi connectivity index (χ2v) is 11.3. The van der Waals surface area contributed by atoms with Crippen LogP contribution in [0.3, 0.4) is 0 Å². The Morgan fingerprint density at radius 3 is 2.13 bits per heavy atom. The highest BCUT2D eigenvalue weighted by Gasteiger charge is 2.37. The van der Waals surface area contributed by atoms with Crippen LogP contribution in [0.5, 0.6) is 0 Å². The maximum absolute atomic E-state index is 9.36. The van der Waals surface area contributed by atoms with Crippen molar-refractivity contribution < 1.29 is 14.6 Å². The SMILES string of the molecule is CC(C)(C)[Si](C)(C)OC[C@H](Br)[C@H](O)CO. The van der Waals surface area contributed by atoms with Gasteiger partial charge in [-0.1, -0.05) is 36.7 Å². The molecular weight excluding hydrogens is 276 g/mol. The van der Waals surface area contributed by atoms with Crippen LogP contribution in [0.1, 0.15) is 20.8 Å². The summed E-state index contributed by atoms with van der Waals surface area (Å²) in [5.41, 5.74) is 0. The molecule has 0 radical (unpaired) electrons. The van der Waals surface area contributed by atoms with Gasteiger partial charge in [-0.05, 0) is 18.1 Å².